The highest BCUT2D eigenvalue weighted by molar-refractivity contribution is 5.96. The third kappa shape index (κ3) is 3.77. The van der Waals surface area contributed by atoms with Crippen LogP contribution in [0.3, 0.4) is 0 Å². The number of aliphatic hydroxyl groups is 4. The van der Waals surface area contributed by atoms with Gasteiger partial charge in [0.1, 0.15) is 41.8 Å². The molecule has 1 aliphatic rings. The summed E-state index contributed by atoms with van der Waals surface area (Å²) < 4.78 is 21.5. The van der Waals surface area contributed by atoms with E-state index in [1.165, 1.54) is 31.4 Å². The fraction of sp³-hybridized carbons (Fsp3) is 0.318. The first-order valence-electron chi connectivity index (χ1n) is 10.0. The molecule has 182 valence electrons. The van der Waals surface area contributed by atoms with E-state index in [1.54, 1.807) is 0 Å². The molecule has 0 radical (unpaired) electrons. The number of benzene rings is 2. The predicted octanol–water partition coefficient (Wildman–Crippen LogP) is -0.236. The molecular formula is C22H22O12. The van der Waals surface area contributed by atoms with E-state index >= 15 is 0 Å². The van der Waals surface area contributed by atoms with Gasteiger partial charge in [-0.15, -0.1) is 0 Å². The Labute approximate surface area is 191 Å². The van der Waals surface area contributed by atoms with Crippen LogP contribution in [0.4, 0.5) is 0 Å². The number of methoxy groups -OCH3 is 1. The molecular weight excluding hydrogens is 456 g/mol. The van der Waals surface area contributed by atoms with Crippen molar-refractivity contribution >= 4 is 11.0 Å². The molecule has 2 aromatic carbocycles. The molecule has 0 saturated carbocycles. The van der Waals surface area contributed by atoms with E-state index < -0.39 is 65.4 Å². The first kappa shape index (κ1) is 23.6. The maximum Gasteiger partial charge on any atom is 0.229 e. The van der Waals surface area contributed by atoms with Crippen LogP contribution in [0.15, 0.2) is 39.7 Å². The number of hydrogen-bond acceptors (Lipinski definition) is 12. The Morgan fingerprint density at radius 2 is 1.62 bits per heavy atom. The Kier molecular flexibility index (Phi) is 6.25. The Hall–Kier alpha value is -3.55. The highest BCUT2D eigenvalue weighted by Gasteiger charge is 2.45. The van der Waals surface area contributed by atoms with E-state index in [0.29, 0.717) is 5.56 Å². The van der Waals surface area contributed by atoms with Crippen molar-refractivity contribution in [2.45, 2.75) is 30.7 Å². The molecule has 1 aromatic heterocycles. The molecule has 0 amide bonds. The summed E-state index contributed by atoms with van der Waals surface area (Å²) in [7, 11) is 1.17. The lowest BCUT2D eigenvalue weighted by Crippen LogP contribution is -2.60. The Morgan fingerprint density at radius 3 is 2.24 bits per heavy atom. The molecule has 5 unspecified atom stereocenters. The maximum atomic E-state index is 13.1. The molecule has 34 heavy (non-hydrogen) atoms. The van der Waals surface area contributed by atoms with Crippen LogP contribution in [0.1, 0.15) is 0 Å². The summed E-state index contributed by atoms with van der Waals surface area (Å²) in [4.78, 5) is 13.1. The van der Waals surface area contributed by atoms with Crippen molar-refractivity contribution in [3.05, 3.63) is 40.8 Å². The number of rotatable bonds is 5. The summed E-state index contributed by atoms with van der Waals surface area (Å²) in [5.41, 5.74) is -0.637. The van der Waals surface area contributed by atoms with Crippen LogP contribution in [-0.4, -0.2) is 80.2 Å². The molecule has 4 rings (SSSR count). The Balaban J connectivity index is 1.83. The maximum absolute atomic E-state index is 13.1. The average Bonchev–Trinajstić information content (AvgIpc) is 2.83. The third-order valence-electron chi connectivity index (χ3n) is 5.55. The van der Waals surface area contributed by atoms with Crippen LogP contribution in [0.2, 0.25) is 0 Å². The van der Waals surface area contributed by atoms with Gasteiger partial charge in [-0.3, -0.25) is 4.79 Å². The lowest BCUT2D eigenvalue weighted by atomic mass is 9.99. The first-order chi connectivity index (χ1) is 16.2. The molecule has 1 fully saturated rings. The van der Waals surface area contributed by atoms with Crippen molar-refractivity contribution in [1.82, 2.24) is 0 Å². The number of fused-ring (bicyclic) bond motifs is 1. The van der Waals surface area contributed by atoms with E-state index in [1.807, 2.05) is 0 Å². The fourth-order valence-corrected chi connectivity index (χ4v) is 3.70. The zero-order valence-corrected chi connectivity index (χ0v) is 17.7. The minimum absolute atomic E-state index is 0.0202. The predicted molar refractivity (Wildman–Crippen MR) is 114 cm³/mol. The smallest absolute Gasteiger partial charge is 0.229 e. The number of ether oxygens (including phenoxy) is 3. The zero-order valence-electron chi connectivity index (χ0n) is 17.7. The lowest BCUT2D eigenvalue weighted by Gasteiger charge is -2.39. The second-order valence-corrected chi connectivity index (χ2v) is 7.60. The van der Waals surface area contributed by atoms with Crippen molar-refractivity contribution in [2.75, 3.05) is 13.7 Å². The first-order valence-corrected chi connectivity index (χ1v) is 10.0. The molecule has 5 atom stereocenters. The van der Waals surface area contributed by atoms with Crippen molar-refractivity contribution in [3.63, 3.8) is 0 Å². The van der Waals surface area contributed by atoms with Gasteiger partial charge < -0.3 is 54.4 Å². The number of hydrogen-bond donors (Lipinski definition) is 7. The van der Waals surface area contributed by atoms with Gasteiger partial charge in [-0.05, 0) is 17.7 Å². The Morgan fingerprint density at radius 1 is 0.941 bits per heavy atom. The second-order valence-electron chi connectivity index (χ2n) is 7.60. The van der Waals surface area contributed by atoms with E-state index in [-0.39, 0.29) is 22.6 Å². The van der Waals surface area contributed by atoms with E-state index in [2.05, 4.69) is 0 Å². The minimum Gasteiger partial charge on any atom is -0.508 e. The van der Waals surface area contributed by atoms with Crippen LogP contribution in [-0.2, 0) is 4.74 Å². The van der Waals surface area contributed by atoms with Crippen LogP contribution in [0, 0.1) is 0 Å². The van der Waals surface area contributed by atoms with Crippen molar-refractivity contribution in [2.24, 2.45) is 0 Å². The van der Waals surface area contributed by atoms with Crippen LogP contribution in [0.25, 0.3) is 22.1 Å². The van der Waals surface area contributed by atoms with Gasteiger partial charge in [-0.1, -0.05) is 12.1 Å². The van der Waals surface area contributed by atoms with Crippen LogP contribution >= 0.6 is 0 Å². The summed E-state index contributed by atoms with van der Waals surface area (Å²) in [5, 5.41) is 69.7. The number of phenols is 3. The van der Waals surface area contributed by atoms with Gasteiger partial charge in [0.05, 0.1) is 19.3 Å². The van der Waals surface area contributed by atoms with Gasteiger partial charge in [-0.2, -0.15) is 0 Å². The molecule has 0 aliphatic carbocycles. The van der Waals surface area contributed by atoms with E-state index in [0.717, 1.165) is 6.26 Å². The summed E-state index contributed by atoms with van der Waals surface area (Å²) in [6.07, 6.45) is -7.14. The summed E-state index contributed by atoms with van der Waals surface area (Å²) in [6.45, 7) is -0.716. The van der Waals surface area contributed by atoms with Gasteiger partial charge in [-0.25, -0.2) is 0 Å². The van der Waals surface area contributed by atoms with Crippen molar-refractivity contribution in [3.8, 4) is 39.9 Å². The molecule has 0 spiro atoms. The highest BCUT2D eigenvalue weighted by Crippen LogP contribution is 2.50. The largest absolute Gasteiger partial charge is 0.508 e. The molecule has 0 bridgehead atoms. The van der Waals surface area contributed by atoms with Crippen molar-refractivity contribution < 1.29 is 54.4 Å². The third-order valence-corrected chi connectivity index (χ3v) is 5.55. The molecule has 12 heteroatoms. The fourth-order valence-electron chi connectivity index (χ4n) is 3.70. The molecule has 12 nitrogen and oxygen atoms in total. The van der Waals surface area contributed by atoms with Crippen LogP contribution < -0.4 is 14.9 Å². The molecule has 3 aromatic rings. The minimum atomic E-state index is -1.82. The summed E-state index contributed by atoms with van der Waals surface area (Å²) in [6, 6.07) is 5.62. The summed E-state index contributed by atoms with van der Waals surface area (Å²) in [5.74, 6) is -2.80. The average molecular weight is 478 g/mol. The van der Waals surface area contributed by atoms with Gasteiger partial charge in [0.2, 0.25) is 29.0 Å². The normalized spacial score (nSPS) is 24.8. The second kappa shape index (κ2) is 9.00. The number of phenolic OH excluding ortho intramolecular Hbond substituents is 3. The standard InChI is InChI=1S/C22H22O12/c1-31-21-19-12(13(25)10(7-32-19)8-2-4-9(24)5-3-8)15(27)17(29)20(21)34-22-18(30)16(28)14(26)11(6-23)33-22/h2-5,7,11,14,16,18,22-24,26-30H,6H2,1H3. The summed E-state index contributed by atoms with van der Waals surface area (Å²) >= 11 is 0. The topological polar surface area (TPSA) is 200 Å². The van der Waals surface area contributed by atoms with Crippen molar-refractivity contribution in [1.29, 1.82) is 0 Å². The Bertz CT molecular complexity index is 1250. The number of aliphatic hydroxyl groups excluding tert-OH is 4. The van der Waals surface area contributed by atoms with Crippen LogP contribution in [0.5, 0.6) is 28.7 Å². The number of aromatic hydroxyl groups is 3. The van der Waals surface area contributed by atoms with Gasteiger partial charge in [0, 0.05) is 0 Å². The highest BCUT2D eigenvalue weighted by atomic mass is 16.7. The monoisotopic (exact) mass is 478 g/mol. The molecule has 7 N–H and O–H groups in total. The van der Waals surface area contributed by atoms with Gasteiger partial charge >= 0.3 is 0 Å². The van der Waals surface area contributed by atoms with E-state index in [9.17, 15) is 40.5 Å². The zero-order chi connectivity index (χ0) is 24.7. The van der Waals surface area contributed by atoms with Gasteiger partial charge in [0.15, 0.2) is 11.3 Å². The van der Waals surface area contributed by atoms with E-state index in [4.69, 9.17) is 18.6 Å². The molecule has 1 saturated heterocycles. The van der Waals surface area contributed by atoms with Gasteiger partial charge in [0.25, 0.3) is 0 Å². The quantitative estimate of drug-likeness (QED) is 0.238. The SMILES string of the molecule is COc1c(OC2OC(CO)C(O)C(O)C2O)c(O)c(O)c2c(=O)c(-c3ccc(O)cc3)coc12. The lowest BCUT2D eigenvalue weighted by molar-refractivity contribution is -0.277. The molecule has 2 heterocycles. The molecule has 1 aliphatic heterocycles.